The predicted octanol–water partition coefficient (Wildman–Crippen LogP) is 2.91. The Labute approximate surface area is 111 Å². The van der Waals surface area contributed by atoms with E-state index in [1.54, 1.807) is 29.4 Å². The van der Waals surface area contributed by atoms with Crippen LogP contribution in [0.2, 0.25) is 0 Å². The maximum Gasteiger partial charge on any atom is 0.253 e. The molecule has 0 atom stereocenters. The number of hydrogen-bond acceptors (Lipinski definition) is 3. The number of benzene rings is 1. The molecule has 0 aliphatic rings. The Kier molecular flexibility index (Phi) is 3.67. The van der Waals surface area contributed by atoms with E-state index in [1.807, 2.05) is 35.9 Å². The lowest BCUT2D eigenvalue weighted by atomic mass is 10.1. The van der Waals surface area contributed by atoms with Gasteiger partial charge in [-0.1, -0.05) is 6.07 Å². The average molecular weight is 260 g/mol. The van der Waals surface area contributed by atoms with Crippen molar-refractivity contribution in [2.75, 3.05) is 12.8 Å². The Balaban J connectivity index is 2.12. The summed E-state index contributed by atoms with van der Waals surface area (Å²) in [6, 6.07) is 7.46. The zero-order valence-corrected chi connectivity index (χ0v) is 11.3. The van der Waals surface area contributed by atoms with E-state index in [-0.39, 0.29) is 5.91 Å². The van der Waals surface area contributed by atoms with Gasteiger partial charge in [0.25, 0.3) is 5.91 Å². The second kappa shape index (κ2) is 5.23. The number of hydrogen-bond donors (Lipinski definition) is 1. The highest BCUT2D eigenvalue weighted by atomic mass is 32.1. The summed E-state index contributed by atoms with van der Waals surface area (Å²) in [5.41, 5.74) is 9.26. The highest BCUT2D eigenvalue weighted by Gasteiger charge is 2.12. The number of nitrogens with two attached hydrogens (primary N) is 1. The van der Waals surface area contributed by atoms with E-state index in [0.29, 0.717) is 17.8 Å². The molecule has 0 unspecified atom stereocenters. The summed E-state index contributed by atoms with van der Waals surface area (Å²) in [6.07, 6.45) is 0. The van der Waals surface area contributed by atoms with Crippen LogP contribution in [-0.4, -0.2) is 17.9 Å². The Hall–Kier alpha value is -1.81. The maximum absolute atomic E-state index is 12.2. The first-order chi connectivity index (χ1) is 8.58. The largest absolute Gasteiger partial charge is 0.398 e. The van der Waals surface area contributed by atoms with Crippen LogP contribution in [0.4, 0.5) is 5.69 Å². The minimum Gasteiger partial charge on any atom is -0.398 e. The molecule has 18 heavy (non-hydrogen) atoms. The zero-order valence-electron chi connectivity index (χ0n) is 10.5. The van der Waals surface area contributed by atoms with Crippen molar-refractivity contribution in [3.05, 3.63) is 51.7 Å². The van der Waals surface area contributed by atoms with Crippen molar-refractivity contribution in [1.82, 2.24) is 4.90 Å². The summed E-state index contributed by atoms with van der Waals surface area (Å²) in [7, 11) is 1.80. The molecule has 1 aromatic carbocycles. The van der Waals surface area contributed by atoms with Gasteiger partial charge in [-0.2, -0.15) is 11.3 Å². The van der Waals surface area contributed by atoms with Crippen LogP contribution in [0, 0.1) is 6.92 Å². The highest BCUT2D eigenvalue weighted by molar-refractivity contribution is 7.07. The molecule has 1 aromatic heterocycles. The summed E-state index contributed by atoms with van der Waals surface area (Å²) in [5, 5.41) is 4.06. The van der Waals surface area contributed by atoms with Gasteiger partial charge in [0.1, 0.15) is 0 Å². The number of carbonyl (C=O) groups excluding carboxylic acids is 1. The van der Waals surface area contributed by atoms with Gasteiger partial charge in [-0.15, -0.1) is 0 Å². The van der Waals surface area contributed by atoms with Crippen molar-refractivity contribution >= 4 is 22.9 Å². The van der Waals surface area contributed by atoms with Gasteiger partial charge in [-0.3, -0.25) is 4.79 Å². The smallest absolute Gasteiger partial charge is 0.253 e. The first kappa shape index (κ1) is 12.6. The average Bonchev–Trinajstić information content (AvgIpc) is 2.84. The van der Waals surface area contributed by atoms with Gasteiger partial charge < -0.3 is 10.6 Å². The van der Waals surface area contributed by atoms with E-state index < -0.39 is 0 Å². The van der Waals surface area contributed by atoms with Crippen molar-refractivity contribution in [2.24, 2.45) is 0 Å². The molecule has 0 saturated heterocycles. The Morgan fingerprint density at radius 1 is 1.39 bits per heavy atom. The summed E-state index contributed by atoms with van der Waals surface area (Å²) in [6.45, 7) is 2.55. The van der Waals surface area contributed by atoms with Crippen molar-refractivity contribution in [2.45, 2.75) is 13.5 Å². The zero-order chi connectivity index (χ0) is 13.1. The molecule has 2 rings (SSSR count). The molecule has 3 nitrogen and oxygen atoms in total. The molecule has 0 saturated carbocycles. The molecule has 94 valence electrons. The number of amides is 1. The van der Waals surface area contributed by atoms with Crippen LogP contribution in [0.5, 0.6) is 0 Å². The topological polar surface area (TPSA) is 46.3 Å². The second-order valence-electron chi connectivity index (χ2n) is 4.36. The SMILES string of the molecule is Cc1ccc(C(=O)N(C)Cc2ccsc2)cc1N. The number of aryl methyl sites for hydroxylation is 1. The molecule has 0 radical (unpaired) electrons. The minimum absolute atomic E-state index is 0.00657. The second-order valence-corrected chi connectivity index (χ2v) is 5.14. The number of carbonyl (C=O) groups is 1. The fourth-order valence-electron chi connectivity index (χ4n) is 1.72. The van der Waals surface area contributed by atoms with E-state index in [4.69, 9.17) is 5.73 Å². The van der Waals surface area contributed by atoms with Crippen molar-refractivity contribution in [3.63, 3.8) is 0 Å². The minimum atomic E-state index is -0.00657. The highest BCUT2D eigenvalue weighted by Crippen LogP contribution is 2.16. The van der Waals surface area contributed by atoms with Crippen molar-refractivity contribution < 1.29 is 4.79 Å². The van der Waals surface area contributed by atoms with Crippen LogP contribution >= 0.6 is 11.3 Å². The lowest BCUT2D eigenvalue weighted by Crippen LogP contribution is -2.26. The van der Waals surface area contributed by atoms with Crippen LogP contribution in [-0.2, 0) is 6.54 Å². The molecular formula is C14H16N2OS. The van der Waals surface area contributed by atoms with Gasteiger partial charge in [-0.25, -0.2) is 0 Å². The molecule has 0 aliphatic carbocycles. The van der Waals surface area contributed by atoms with Gasteiger partial charge in [0.15, 0.2) is 0 Å². The lowest BCUT2D eigenvalue weighted by molar-refractivity contribution is 0.0785. The number of thiophene rings is 1. The molecule has 2 aromatic rings. The van der Waals surface area contributed by atoms with Gasteiger partial charge in [0.05, 0.1) is 0 Å². The monoisotopic (exact) mass is 260 g/mol. The summed E-state index contributed by atoms with van der Waals surface area (Å²) in [4.78, 5) is 13.9. The standard InChI is InChI=1S/C14H16N2OS/c1-10-3-4-12(7-13(10)15)14(17)16(2)8-11-5-6-18-9-11/h3-7,9H,8,15H2,1-2H3. The van der Waals surface area contributed by atoms with Crippen LogP contribution in [0.15, 0.2) is 35.0 Å². The normalized spacial score (nSPS) is 10.3. The fraction of sp³-hybridized carbons (Fsp3) is 0.214. The van der Waals surface area contributed by atoms with E-state index in [1.165, 1.54) is 0 Å². The fourth-order valence-corrected chi connectivity index (χ4v) is 2.38. The third-order valence-electron chi connectivity index (χ3n) is 2.87. The first-order valence-corrected chi connectivity index (χ1v) is 6.65. The lowest BCUT2D eigenvalue weighted by Gasteiger charge is -2.17. The van der Waals surface area contributed by atoms with Crippen LogP contribution in [0.25, 0.3) is 0 Å². The van der Waals surface area contributed by atoms with E-state index in [9.17, 15) is 4.79 Å². The molecule has 4 heteroatoms. The summed E-state index contributed by atoms with van der Waals surface area (Å²) < 4.78 is 0. The number of nitrogen functional groups attached to an aromatic ring is 1. The van der Waals surface area contributed by atoms with Crippen LogP contribution in [0.1, 0.15) is 21.5 Å². The maximum atomic E-state index is 12.2. The quantitative estimate of drug-likeness (QED) is 0.862. The van der Waals surface area contributed by atoms with Crippen LogP contribution < -0.4 is 5.73 Å². The molecule has 1 amide bonds. The van der Waals surface area contributed by atoms with Crippen LogP contribution in [0.3, 0.4) is 0 Å². The third kappa shape index (κ3) is 2.71. The number of nitrogens with zero attached hydrogens (tertiary/aromatic N) is 1. The first-order valence-electron chi connectivity index (χ1n) is 5.70. The number of anilines is 1. The van der Waals surface area contributed by atoms with Crippen molar-refractivity contribution in [3.8, 4) is 0 Å². The summed E-state index contributed by atoms with van der Waals surface area (Å²) >= 11 is 1.64. The van der Waals surface area contributed by atoms with Gasteiger partial charge in [0.2, 0.25) is 0 Å². The molecular weight excluding hydrogens is 244 g/mol. The molecule has 0 fully saturated rings. The Morgan fingerprint density at radius 2 is 2.17 bits per heavy atom. The third-order valence-corrected chi connectivity index (χ3v) is 3.60. The Morgan fingerprint density at radius 3 is 2.78 bits per heavy atom. The summed E-state index contributed by atoms with van der Waals surface area (Å²) in [5.74, 6) is -0.00657. The molecule has 2 N–H and O–H groups in total. The van der Waals surface area contributed by atoms with Gasteiger partial charge in [0, 0.05) is 24.8 Å². The Bertz CT molecular complexity index is 549. The van der Waals surface area contributed by atoms with Gasteiger partial charge in [-0.05, 0) is 47.0 Å². The van der Waals surface area contributed by atoms with Crippen molar-refractivity contribution in [1.29, 1.82) is 0 Å². The molecule has 0 spiro atoms. The molecule has 0 aliphatic heterocycles. The van der Waals surface area contributed by atoms with E-state index in [0.717, 1.165) is 11.1 Å². The number of rotatable bonds is 3. The molecule has 1 heterocycles. The van der Waals surface area contributed by atoms with Gasteiger partial charge >= 0.3 is 0 Å². The molecule has 0 bridgehead atoms. The predicted molar refractivity (Wildman–Crippen MR) is 75.7 cm³/mol. The van der Waals surface area contributed by atoms with E-state index >= 15 is 0 Å². The van der Waals surface area contributed by atoms with E-state index in [2.05, 4.69) is 0 Å².